The maximum absolute atomic E-state index is 13.9. The summed E-state index contributed by atoms with van der Waals surface area (Å²) in [5.41, 5.74) is -5.62. The number of carbonyl (C=O) groups excluding carboxylic acids is 5. The number of aliphatic hydroxyl groups is 4. The number of nitrogens with zero attached hydrogens (tertiary/aromatic N) is 1. The Bertz CT molecular complexity index is 1980. The van der Waals surface area contributed by atoms with E-state index in [0.29, 0.717) is 25.3 Å². The Labute approximate surface area is 450 Å². The van der Waals surface area contributed by atoms with E-state index in [9.17, 15) is 44.4 Å². The Morgan fingerprint density at radius 2 is 1.25 bits per heavy atom. The molecule has 24 nitrogen and oxygen atoms in total. The number of hydrogen-bond donors (Lipinski definition) is 9. The van der Waals surface area contributed by atoms with Crippen molar-refractivity contribution >= 4 is 38.6 Å². The molecule has 1 saturated heterocycles. The molecule has 1 aliphatic carbocycles. The molecule has 0 aromatic heterocycles. The molecule has 0 unspecified atom stereocenters. The van der Waals surface area contributed by atoms with E-state index in [2.05, 4.69) is 60.4 Å². The van der Waals surface area contributed by atoms with Gasteiger partial charge in [0.1, 0.15) is 64.3 Å². The standard InChI is InChI=1S/C51H94N6O18Si/c1-46(2,3)72-42(62)53-27-33(58)39(61)54-31-25-32(56-44(64)74-48(7,8)9)37(34(59)36(31)71-41-35(60)38(51(16,66)28-67-41)57(17)45(65)75-49(10,11)12)70-40-30(55-43(63)73-47(4,5)6)22-21-29(69-40)26-52-23-20-24-68-76(18,19)50(13,14)15/h21,30-38,40-41,52,58-60,66H,20,22-28H2,1-19H3,(H,53,62)(H,54,61)(H,55,63)(H,56,64)/t30-,31-,32+,33+,34-,35-,36+,37-,38-,40-,41-,51+/m1/s1. The Kier molecular flexibility index (Phi) is 22.9. The fourth-order valence-electron chi connectivity index (χ4n) is 8.06. The first kappa shape index (κ1) is 66.2. The zero-order valence-electron chi connectivity index (χ0n) is 48.5. The summed E-state index contributed by atoms with van der Waals surface area (Å²) in [5.74, 6) is -0.628. The van der Waals surface area contributed by atoms with E-state index in [1.807, 2.05) is 0 Å². The number of rotatable bonds is 18. The molecule has 0 aromatic rings. The van der Waals surface area contributed by atoms with Gasteiger partial charge in [-0.25, -0.2) is 19.2 Å². The first-order valence-electron chi connectivity index (χ1n) is 26.1. The Hall–Kier alpha value is -4.05. The van der Waals surface area contributed by atoms with Crippen molar-refractivity contribution in [1.29, 1.82) is 0 Å². The largest absolute Gasteiger partial charge is 0.466 e. The van der Waals surface area contributed by atoms with Crippen LogP contribution in [0.15, 0.2) is 11.8 Å². The molecule has 0 radical (unpaired) electrons. The third-order valence-corrected chi connectivity index (χ3v) is 17.1. The predicted molar refractivity (Wildman–Crippen MR) is 281 cm³/mol. The molecular weight excluding hydrogens is 1010 g/mol. The molecule has 440 valence electrons. The second-order valence-electron chi connectivity index (χ2n) is 25.5. The molecule has 0 spiro atoms. The summed E-state index contributed by atoms with van der Waals surface area (Å²) in [4.78, 5) is 67.7. The predicted octanol–water partition coefficient (Wildman–Crippen LogP) is 4.01. The first-order chi connectivity index (χ1) is 34.5. The van der Waals surface area contributed by atoms with E-state index in [1.165, 1.54) is 14.0 Å². The molecule has 2 aliphatic heterocycles. The molecule has 5 amide bonds. The van der Waals surface area contributed by atoms with Crippen LogP contribution < -0.4 is 26.6 Å². The summed E-state index contributed by atoms with van der Waals surface area (Å²) in [7, 11) is -0.648. The lowest BCUT2D eigenvalue weighted by Crippen LogP contribution is -2.71. The van der Waals surface area contributed by atoms with Gasteiger partial charge in [0.05, 0.1) is 43.9 Å². The zero-order valence-corrected chi connectivity index (χ0v) is 49.5. The smallest absolute Gasteiger partial charge is 0.410 e. The molecular formula is C51H94N6O18Si. The summed E-state index contributed by atoms with van der Waals surface area (Å²) < 4.78 is 53.8. The number of amides is 5. The zero-order chi connectivity index (χ0) is 58.2. The van der Waals surface area contributed by atoms with Crippen LogP contribution in [0.25, 0.3) is 0 Å². The minimum absolute atomic E-state index is 0.0509. The summed E-state index contributed by atoms with van der Waals surface area (Å²) in [5, 5.41) is 61.2. The van der Waals surface area contributed by atoms with Gasteiger partial charge in [-0.15, -0.1) is 0 Å². The van der Waals surface area contributed by atoms with Gasteiger partial charge in [-0.2, -0.15) is 0 Å². The van der Waals surface area contributed by atoms with E-state index in [-0.39, 0.29) is 24.4 Å². The highest BCUT2D eigenvalue weighted by atomic mass is 28.4. The summed E-state index contributed by atoms with van der Waals surface area (Å²) in [6, 6.07) is -5.02. The SMILES string of the molecule is CN(C(=O)OC(C)(C)C)[C@@H]1[C@@H](O)[C@@H](O[C@@H]2[C@@H](O)[C@H](O[C@H]3OC(CNCCCO[Si](C)(C)C(C)(C)C)=CC[C@H]3NC(=O)OC(C)(C)C)[C@@H](NC(=O)OC(C)(C)C)C[C@H]2NC(=O)[C@@H](O)CNC(=O)OC(C)(C)C)OC[C@]1(C)O. The van der Waals surface area contributed by atoms with Crippen LogP contribution in [0.2, 0.25) is 18.1 Å². The van der Waals surface area contributed by atoms with E-state index >= 15 is 0 Å². The van der Waals surface area contributed by atoms with Gasteiger partial charge in [0, 0.05) is 13.7 Å². The third-order valence-electron chi connectivity index (χ3n) is 12.6. The van der Waals surface area contributed by atoms with Crippen molar-refractivity contribution in [3.8, 4) is 0 Å². The van der Waals surface area contributed by atoms with Gasteiger partial charge in [0.2, 0.25) is 6.29 Å². The Morgan fingerprint density at radius 3 is 1.78 bits per heavy atom. The Balaban J connectivity index is 2.09. The van der Waals surface area contributed by atoms with Crippen LogP contribution in [0.5, 0.6) is 0 Å². The number of aliphatic hydroxyl groups excluding tert-OH is 3. The van der Waals surface area contributed by atoms with Crippen LogP contribution in [-0.4, -0.2) is 199 Å². The van der Waals surface area contributed by atoms with Crippen molar-refractivity contribution in [1.82, 2.24) is 31.5 Å². The van der Waals surface area contributed by atoms with Crippen LogP contribution in [0, 0.1) is 0 Å². The lowest BCUT2D eigenvalue weighted by molar-refractivity contribution is -0.311. The fraction of sp³-hybridized carbons (Fsp3) is 0.863. The van der Waals surface area contributed by atoms with Gasteiger partial charge in [-0.1, -0.05) is 20.8 Å². The minimum Gasteiger partial charge on any atom is -0.466 e. The van der Waals surface area contributed by atoms with E-state index in [1.54, 1.807) is 89.2 Å². The summed E-state index contributed by atoms with van der Waals surface area (Å²) >= 11 is 0. The maximum Gasteiger partial charge on any atom is 0.410 e. The monoisotopic (exact) mass is 1110 g/mol. The number of nitrogens with one attached hydrogen (secondary N) is 5. The van der Waals surface area contributed by atoms with Crippen LogP contribution in [0.4, 0.5) is 19.2 Å². The van der Waals surface area contributed by atoms with Crippen molar-refractivity contribution < 1.29 is 86.7 Å². The average Bonchev–Trinajstić information content (AvgIpc) is 3.22. The van der Waals surface area contributed by atoms with Gasteiger partial charge in [0.25, 0.3) is 5.91 Å². The van der Waals surface area contributed by atoms with E-state index < -0.39 is 147 Å². The van der Waals surface area contributed by atoms with Crippen LogP contribution in [-0.2, 0) is 47.1 Å². The number of likely N-dealkylation sites (N-methyl/N-ethyl adjacent to an activating group) is 1. The van der Waals surface area contributed by atoms with E-state index in [4.69, 9.17) is 42.3 Å². The molecule has 2 fully saturated rings. The number of carbonyl (C=O) groups is 5. The van der Waals surface area contributed by atoms with Crippen LogP contribution >= 0.6 is 0 Å². The third kappa shape index (κ3) is 21.3. The van der Waals surface area contributed by atoms with Gasteiger partial charge < -0.3 is 94.2 Å². The van der Waals surface area contributed by atoms with Crippen molar-refractivity contribution in [2.45, 2.75) is 243 Å². The topological polar surface area (TPSA) is 313 Å². The molecule has 76 heavy (non-hydrogen) atoms. The van der Waals surface area contributed by atoms with Gasteiger partial charge >= 0.3 is 24.4 Å². The first-order valence-corrected chi connectivity index (χ1v) is 29.0. The molecule has 0 bridgehead atoms. The van der Waals surface area contributed by atoms with E-state index in [0.717, 1.165) is 4.90 Å². The molecule has 3 aliphatic rings. The fourth-order valence-corrected chi connectivity index (χ4v) is 9.15. The molecule has 12 atom stereocenters. The molecule has 2 heterocycles. The van der Waals surface area contributed by atoms with Crippen molar-refractivity contribution in [3.05, 3.63) is 11.8 Å². The lowest BCUT2D eigenvalue weighted by atomic mass is 9.82. The highest BCUT2D eigenvalue weighted by Crippen LogP contribution is 2.37. The second kappa shape index (κ2) is 26.3. The molecule has 1 saturated carbocycles. The summed E-state index contributed by atoms with van der Waals surface area (Å²) in [6.45, 7) is 32.3. The van der Waals surface area contributed by atoms with Crippen LogP contribution in [0.3, 0.4) is 0 Å². The molecule has 9 N–H and O–H groups in total. The lowest BCUT2D eigenvalue weighted by Gasteiger charge is -2.50. The van der Waals surface area contributed by atoms with Crippen molar-refractivity contribution in [2.24, 2.45) is 0 Å². The highest BCUT2D eigenvalue weighted by molar-refractivity contribution is 6.74. The van der Waals surface area contributed by atoms with Crippen LogP contribution in [0.1, 0.15) is 130 Å². The highest BCUT2D eigenvalue weighted by Gasteiger charge is 2.55. The summed E-state index contributed by atoms with van der Waals surface area (Å²) in [6.07, 6.45) is -13.2. The minimum atomic E-state index is -1.96. The quantitative estimate of drug-likeness (QED) is 0.0532. The second-order valence-corrected chi connectivity index (χ2v) is 30.4. The molecule has 0 aromatic carbocycles. The van der Waals surface area contributed by atoms with Gasteiger partial charge in [-0.05, 0) is 140 Å². The molecule has 3 rings (SSSR count). The average molecular weight is 1110 g/mol. The Morgan fingerprint density at radius 1 is 0.750 bits per heavy atom. The number of ether oxygens (including phenoxy) is 8. The molecule has 25 heteroatoms. The van der Waals surface area contributed by atoms with Gasteiger partial charge in [0.15, 0.2) is 14.6 Å². The van der Waals surface area contributed by atoms with Crippen molar-refractivity contribution in [3.63, 3.8) is 0 Å². The number of hydrogen-bond acceptors (Lipinski definition) is 19. The number of alkyl carbamates (subject to hydrolysis) is 3. The van der Waals surface area contributed by atoms with Crippen molar-refractivity contribution in [2.75, 3.05) is 39.9 Å². The normalized spacial score (nSPS) is 28.1. The maximum atomic E-state index is 13.9. The van der Waals surface area contributed by atoms with Gasteiger partial charge in [-0.3, -0.25) is 4.79 Å².